The fourth-order valence-corrected chi connectivity index (χ4v) is 1.97. The van der Waals surface area contributed by atoms with Gasteiger partial charge < -0.3 is 9.94 Å². The summed E-state index contributed by atoms with van der Waals surface area (Å²) < 4.78 is 5.20. The second-order valence-electron chi connectivity index (χ2n) is 4.60. The molecule has 0 saturated carbocycles. The predicted molar refractivity (Wildman–Crippen MR) is 82.3 cm³/mol. The molecule has 2 aromatic rings. The molecule has 2 rings (SSSR count). The van der Waals surface area contributed by atoms with Gasteiger partial charge in [-0.15, -0.1) is 0 Å². The van der Waals surface area contributed by atoms with E-state index in [0.29, 0.717) is 15.9 Å². The van der Waals surface area contributed by atoms with E-state index in [4.69, 9.17) is 4.74 Å². The van der Waals surface area contributed by atoms with Gasteiger partial charge in [0.25, 0.3) is 0 Å². The highest BCUT2D eigenvalue weighted by Crippen LogP contribution is 2.16. The molecule has 0 spiro atoms. The smallest absolute Gasteiger partial charge is 0.405 e. The molecule has 0 radical (unpaired) electrons. The van der Waals surface area contributed by atoms with Crippen LogP contribution in [0, 0.1) is 5.21 Å². The molecule has 112 valence electrons. The minimum Gasteiger partial charge on any atom is -0.618 e. The Balaban J connectivity index is 2.54. The molecule has 0 aliphatic carbocycles. The zero-order valence-corrected chi connectivity index (χ0v) is 12.3. The summed E-state index contributed by atoms with van der Waals surface area (Å²) in [4.78, 5) is 23.2. The number of nitrogens with zero attached hydrogens (tertiary/aromatic N) is 1. The van der Waals surface area contributed by atoms with Crippen LogP contribution in [0.15, 0.2) is 54.6 Å². The van der Waals surface area contributed by atoms with Crippen molar-refractivity contribution in [1.82, 2.24) is 0 Å². The molecule has 0 aromatic heterocycles. The van der Waals surface area contributed by atoms with Gasteiger partial charge in [-0.2, -0.15) is 4.74 Å². The van der Waals surface area contributed by atoms with Crippen molar-refractivity contribution in [2.24, 2.45) is 0 Å². The van der Waals surface area contributed by atoms with Gasteiger partial charge in [0, 0.05) is 17.7 Å². The topological polar surface area (TPSA) is 69.4 Å². The van der Waals surface area contributed by atoms with Crippen LogP contribution in [0.3, 0.4) is 0 Å². The highest BCUT2D eigenvalue weighted by molar-refractivity contribution is 6.41. The van der Waals surface area contributed by atoms with E-state index in [9.17, 15) is 14.8 Å². The average Bonchev–Trinajstić information content (AvgIpc) is 2.55. The van der Waals surface area contributed by atoms with Crippen LogP contribution in [0.25, 0.3) is 0 Å². The molecule has 0 fully saturated rings. The largest absolute Gasteiger partial charge is 0.618 e. The van der Waals surface area contributed by atoms with E-state index >= 15 is 0 Å². The van der Waals surface area contributed by atoms with Gasteiger partial charge in [-0.3, -0.25) is 4.79 Å². The monoisotopic (exact) mass is 297 g/mol. The Hall–Kier alpha value is -2.95. The molecule has 0 aliphatic heterocycles. The van der Waals surface area contributed by atoms with Gasteiger partial charge in [0.05, 0.1) is 12.7 Å². The van der Waals surface area contributed by atoms with Crippen molar-refractivity contribution in [2.75, 3.05) is 7.11 Å². The van der Waals surface area contributed by atoms with Gasteiger partial charge in [0.15, 0.2) is 5.78 Å². The van der Waals surface area contributed by atoms with Crippen LogP contribution in [-0.2, 0) is 9.53 Å². The maximum atomic E-state index is 12.5. The minimum atomic E-state index is -0.725. The zero-order chi connectivity index (χ0) is 16.1. The molecular weight excluding hydrogens is 282 g/mol. The van der Waals surface area contributed by atoms with E-state index < -0.39 is 5.97 Å². The quantitative estimate of drug-likeness (QED) is 0.217. The van der Waals surface area contributed by atoms with E-state index in [2.05, 4.69) is 0 Å². The lowest BCUT2D eigenvalue weighted by Crippen LogP contribution is -2.25. The Morgan fingerprint density at radius 2 is 1.55 bits per heavy atom. The van der Waals surface area contributed by atoms with Crippen molar-refractivity contribution in [1.29, 1.82) is 0 Å². The van der Waals surface area contributed by atoms with Crippen LogP contribution in [0.4, 0.5) is 5.69 Å². The highest BCUT2D eigenvalue weighted by Gasteiger charge is 2.24. The predicted octanol–water partition coefficient (Wildman–Crippen LogP) is 2.69. The molecule has 0 saturated heterocycles. The summed E-state index contributed by atoms with van der Waals surface area (Å²) >= 11 is 0. The summed E-state index contributed by atoms with van der Waals surface area (Å²) in [6.07, 6.45) is 0. The number of ether oxygens (including phenoxy) is 1. The van der Waals surface area contributed by atoms with Crippen molar-refractivity contribution >= 4 is 23.2 Å². The Kier molecular flexibility index (Phi) is 4.68. The summed E-state index contributed by atoms with van der Waals surface area (Å²) in [7, 11) is 1.22. The first kappa shape index (κ1) is 15.4. The Labute approximate surface area is 128 Å². The lowest BCUT2D eigenvalue weighted by atomic mass is 10.1. The zero-order valence-electron chi connectivity index (χ0n) is 12.3. The number of benzene rings is 2. The van der Waals surface area contributed by atoms with Crippen LogP contribution >= 0.6 is 0 Å². The van der Waals surface area contributed by atoms with Crippen molar-refractivity contribution < 1.29 is 19.1 Å². The van der Waals surface area contributed by atoms with E-state index in [-0.39, 0.29) is 17.2 Å². The molecule has 0 unspecified atom stereocenters. The van der Waals surface area contributed by atoms with Crippen molar-refractivity contribution in [2.45, 2.75) is 6.92 Å². The first-order valence-corrected chi connectivity index (χ1v) is 6.63. The van der Waals surface area contributed by atoms with Gasteiger partial charge in [-0.05, 0) is 31.2 Å². The Morgan fingerprint density at radius 3 is 2.05 bits per heavy atom. The highest BCUT2D eigenvalue weighted by atomic mass is 16.5. The Morgan fingerprint density at radius 1 is 0.955 bits per heavy atom. The Bertz CT molecular complexity index is 718. The summed E-state index contributed by atoms with van der Waals surface area (Å²) in [6.45, 7) is 1.44. The lowest BCUT2D eigenvalue weighted by molar-refractivity contribution is -0.360. The maximum absolute atomic E-state index is 12.5. The van der Waals surface area contributed by atoms with E-state index in [1.807, 2.05) is 0 Å². The standard InChI is InChI=1S/C17H15NO4/c1-12(19)13-8-10-15(11-9-13)18(21)16(17(20)22-2)14-6-4-3-5-7-14/h3-11H,1-2H3/b18-16+. The summed E-state index contributed by atoms with van der Waals surface area (Å²) in [6, 6.07) is 14.6. The number of hydrogen-bond acceptors (Lipinski definition) is 4. The lowest BCUT2D eigenvalue weighted by Gasteiger charge is -2.09. The number of methoxy groups -OCH3 is 1. The molecular formula is C17H15NO4. The molecule has 0 atom stereocenters. The van der Waals surface area contributed by atoms with Crippen molar-refractivity contribution in [3.05, 3.63) is 70.9 Å². The normalized spacial score (nSPS) is 11.5. The second-order valence-corrected chi connectivity index (χ2v) is 4.60. The molecule has 0 heterocycles. The number of Topliss-reactive ketones (excluding diaryl/α,β-unsaturated/α-hetero) is 1. The molecule has 2 aromatic carbocycles. The van der Waals surface area contributed by atoms with Crippen LogP contribution in [0.5, 0.6) is 0 Å². The number of carbonyl (C=O) groups is 2. The summed E-state index contributed by atoms with van der Waals surface area (Å²) in [5.74, 6) is -0.818. The van der Waals surface area contributed by atoms with Crippen LogP contribution in [-0.4, -0.2) is 29.3 Å². The van der Waals surface area contributed by atoms with Crippen molar-refractivity contribution in [3.63, 3.8) is 0 Å². The van der Waals surface area contributed by atoms with E-state index in [1.165, 1.54) is 26.2 Å². The van der Waals surface area contributed by atoms with Gasteiger partial charge in [0.2, 0.25) is 5.69 Å². The number of hydrogen-bond donors (Lipinski definition) is 0. The third-order valence-electron chi connectivity index (χ3n) is 3.14. The van der Waals surface area contributed by atoms with Gasteiger partial charge in [-0.1, -0.05) is 18.2 Å². The number of carbonyl (C=O) groups excluding carboxylic acids is 2. The van der Waals surface area contributed by atoms with Crippen LogP contribution in [0.2, 0.25) is 0 Å². The maximum Gasteiger partial charge on any atom is 0.405 e. The summed E-state index contributed by atoms with van der Waals surface area (Å²) in [5, 5.41) is 12.5. The SMILES string of the molecule is COC(=O)/C(c1ccccc1)=[N+](/[O-])c1ccc(C(C)=O)cc1. The fourth-order valence-electron chi connectivity index (χ4n) is 1.97. The molecule has 0 bridgehead atoms. The van der Waals surface area contributed by atoms with E-state index in [1.54, 1.807) is 42.5 Å². The third kappa shape index (κ3) is 3.20. The number of ketones is 1. The van der Waals surface area contributed by atoms with Crippen LogP contribution < -0.4 is 0 Å². The van der Waals surface area contributed by atoms with Crippen LogP contribution in [0.1, 0.15) is 22.8 Å². The summed E-state index contributed by atoms with van der Waals surface area (Å²) in [5.41, 5.74) is 1.09. The van der Waals surface area contributed by atoms with Gasteiger partial charge in [0.1, 0.15) is 0 Å². The van der Waals surface area contributed by atoms with Gasteiger partial charge >= 0.3 is 11.7 Å². The van der Waals surface area contributed by atoms with Gasteiger partial charge in [-0.25, -0.2) is 4.79 Å². The first-order chi connectivity index (χ1) is 10.5. The second kappa shape index (κ2) is 6.67. The average molecular weight is 297 g/mol. The molecule has 0 amide bonds. The molecule has 5 nitrogen and oxygen atoms in total. The first-order valence-electron chi connectivity index (χ1n) is 6.63. The molecule has 22 heavy (non-hydrogen) atoms. The number of esters is 1. The molecule has 0 N–H and O–H groups in total. The van der Waals surface area contributed by atoms with Crippen molar-refractivity contribution in [3.8, 4) is 0 Å². The fraction of sp³-hybridized carbons (Fsp3) is 0.118. The number of rotatable bonds is 4. The minimum absolute atomic E-state index is 0.0933. The van der Waals surface area contributed by atoms with E-state index in [0.717, 1.165) is 0 Å². The molecule has 0 aliphatic rings. The third-order valence-corrected chi connectivity index (χ3v) is 3.14. The molecule has 5 heteroatoms.